The Hall–Kier alpha value is -1.33. The number of halogens is 1. The van der Waals surface area contributed by atoms with Crippen LogP contribution in [0.5, 0.6) is 0 Å². The maximum atomic E-state index is 6.02. The summed E-state index contributed by atoms with van der Waals surface area (Å²) >= 11 is 5.93. The lowest BCUT2D eigenvalue weighted by molar-refractivity contribution is 0.224. The maximum Gasteiger partial charge on any atom is 0.202 e. The average molecular weight is 266 g/mol. The Bertz CT molecular complexity index is 571. The van der Waals surface area contributed by atoms with E-state index in [1.54, 1.807) is 6.20 Å². The molecule has 18 heavy (non-hydrogen) atoms. The van der Waals surface area contributed by atoms with Crippen LogP contribution in [0.15, 0.2) is 12.3 Å². The highest BCUT2D eigenvalue weighted by molar-refractivity contribution is 6.31. The molecule has 0 aliphatic carbocycles. The summed E-state index contributed by atoms with van der Waals surface area (Å²) < 4.78 is 2.05. The van der Waals surface area contributed by atoms with Crippen molar-refractivity contribution in [2.24, 2.45) is 0 Å². The van der Waals surface area contributed by atoms with Crippen molar-refractivity contribution in [1.82, 2.24) is 19.4 Å². The number of fused-ring (bicyclic) bond motifs is 1. The van der Waals surface area contributed by atoms with E-state index in [-0.39, 0.29) is 0 Å². The van der Waals surface area contributed by atoms with E-state index in [1.807, 2.05) is 6.07 Å². The van der Waals surface area contributed by atoms with Gasteiger partial charge in [-0.15, -0.1) is 0 Å². The second-order valence-electron chi connectivity index (χ2n) is 4.87. The normalized spacial score (nSPS) is 18.6. The Morgan fingerprint density at radius 3 is 2.83 bits per heavy atom. The number of nitrogens with two attached hydrogens (primary N) is 1. The molecule has 0 saturated carbocycles. The van der Waals surface area contributed by atoms with Gasteiger partial charge in [0.25, 0.3) is 0 Å². The van der Waals surface area contributed by atoms with Gasteiger partial charge in [-0.3, -0.25) is 4.57 Å². The molecule has 2 aromatic heterocycles. The van der Waals surface area contributed by atoms with Crippen LogP contribution in [0.1, 0.15) is 18.9 Å². The van der Waals surface area contributed by atoms with Crippen molar-refractivity contribution in [1.29, 1.82) is 0 Å². The number of anilines is 1. The number of nitrogens with zero attached hydrogens (tertiary/aromatic N) is 4. The number of piperidine rings is 1. The average Bonchev–Trinajstić information content (AvgIpc) is 2.65. The molecule has 0 amide bonds. The monoisotopic (exact) mass is 265 g/mol. The zero-order chi connectivity index (χ0) is 12.7. The number of aromatic nitrogens is 3. The standard InChI is InChI=1S/C12H16ClN5/c1-17-4-2-9(3-5-17)18-11-10(16-12(18)14)6-8(13)7-15-11/h6-7,9H,2-5H2,1H3,(H2,14,16). The predicted molar refractivity (Wildman–Crippen MR) is 72.7 cm³/mol. The maximum absolute atomic E-state index is 6.02. The molecule has 2 N–H and O–H groups in total. The second kappa shape index (κ2) is 4.40. The van der Waals surface area contributed by atoms with E-state index < -0.39 is 0 Å². The first-order valence-corrected chi connectivity index (χ1v) is 6.50. The quantitative estimate of drug-likeness (QED) is 0.856. The molecule has 1 saturated heterocycles. The zero-order valence-electron chi connectivity index (χ0n) is 10.3. The molecule has 3 rings (SSSR count). The van der Waals surface area contributed by atoms with Crippen LogP contribution in [-0.4, -0.2) is 39.6 Å². The first-order valence-electron chi connectivity index (χ1n) is 6.12. The number of nitrogen functional groups attached to an aromatic ring is 1. The van der Waals surface area contributed by atoms with Gasteiger partial charge in [-0.1, -0.05) is 11.6 Å². The minimum Gasteiger partial charge on any atom is -0.369 e. The summed E-state index contributed by atoms with van der Waals surface area (Å²) in [6, 6.07) is 2.20. The summed E-state index contributed by atoms with van der Waals surface area (Å²) in [5.74, 6) is 0.536. The largest absolute Gasteiger partial charge is 0.369 e. The summed E-state index contributed by atoms with van der Waals surface area (Å²) in [6.07, 6.45) is 3.81. The Balaban J connectivity index is 2.03. The highest BCUT2D eigenvalue weighted by atomic mass is 35.5. The topological polar surface area (TPSA) is 60.0 Å². The van der Waals surface area contributed by atoms with Crippen LogP contribution in [0, 0.1) is 0 Å². The van der Waals surface area contributed by atoms with Crippen molar-refractivity contribution < 1.29 is 0 Å². The van der Waals surface area contributed by atoms with Gasteiger partial charge in [0.2, 0.25) is 5.95 Å². The van der Waals surface area contributed by atoms with Crippen LogP contribution in [0.4, 0.5) is 5.95 Å². The lowest BCUT2D eigenvalue weighted by Crippen LogP contribution is -2.31. The summed E-state index contributed by atoms with van der Waals surface area (Å²) in [6.45, 7) is 2.16. The first kappa shape index (κ1) is 11.7. The Morgan fingerprint density at radius 1 is 1.39 bits per heavy atom. The number of likely N-dealkylation sites (tertiary alicyclic amines) is 1. The predicted octanol–water partition coefficient (Wildman–Crippen LogP) is 1.93. The molecule has 1 aliphatic rings. The van der Waals surface area contributed by atoms with Crippen molar-refractivity contribution >= 4 is 28.7 Å². The van der Waals surface area contributed by atoms with Crippen molar-refractivity contribution in [2.75, 3.05) is 25.9 Å². The highest BCUT2D eigenvalue weighted by Crippen LogP contribution is 2.29. The molecule has 3 heterocycles. The van der Waals surface area contributed by atoms with Crippen molar-refractivity contribution in [3.05, 3.63) is 17.3 Å². The van der Waals surface area contributed by atoms with Gasteiger partial charge in [0.05, 0.1) is 5.02 Å². The third kappa shape index (κ3) is 1.93. The van der Waals surface area contributed by atoms with Gasteiger partial charge in [-0.25, -0.2) is 9.97 Å². The molecular formula is C12H16ClN5. The van der Waals surface area contributed by atoms with E-state index >= 15 is 0 Å². The molecule has 0 spiro atoms. The lowest BCUT2D eigenvalue weighted by Gasteiger charge is -2.30. The fraction of sp³-hybridized carbons (Fsp3) is 0.500. The van der Waals surface area contributed by atoms with Crippen LogP contribution < -0.4 is 5.73 Å². The van der Waals surface area contributed by atoms with E-state index in [2.05, 4.69) is 26.5 Å². The minimum atomic E-state index is 0.389. The Labute approximate surface area is 111 Å². The summed E-state index contributed by atoms with van der Waals surface area (Å²) in [4.78, 5) is 11.0. The molecule has 0 atom stereocenters. The summed E-state index contributed by atoms with van der Waals surface area (Å²) in [7, 11) is 2.14. The molecule has 5 nitrogen and oxygen atoms in total. The van der Waals surface area contributed by atoms with E-state index in [0.29, 0.717) is 17.0 Å². The van der Waals surface area contributed by atoms with Gasteiger partial charge in [-0.2, -0.15) is 0 Å². The molecule has 1 fully saturated rings. The number of rotatable bonds is 1. The van der Waals surface area contributed by atoms with Crippen molar-refractivity contribution in [3.8, 4) is 0 Å². The van der Waals surface area contributed by atoms with Crippen LogP contribution in [0.25, 0.3) is 11.2 Å². The molecule has 6 heteroatoms. The van der Waals surface area contributed by atoms with Crippen LogP contribution in [0.2, 0.25) is 5.02 Å². The van der Waals surface area contributed by atoms with Gasteiger partial charge in [0.15, 0.2) is 5.65 Å². The summed E-state index contributed by atoms with van der Waals surface area (Å²) in [5.41, 5.74) is 7.64. The SMILES string of the molecule is CN1CCC(n2c(N)nc3cc(Cl)cnc32)CC1. The molecular weight excluding hydrogens is 250 g/mol. The van der Waals surface area contributed by atoms with E-state index in [9.17, 15) is 0 Å². The molecule has 0 aromatic carbocycles. The first-order chi connectivity index (χ1) is 8.65. The van der Waals surface area contributed by atoms with E-state index in [1.165, 1.54) is 0 Å². The van der Waals surface area contributed by atoms with Crippen LogP contribution >= 0.6 is 11.6 Å². The van der Waals surface area contributed by atoms with E-state index in [0.717, 1.165) is 37.1 Å². The van der Waals surface area contributed by atoms with Crippen LogP contribution in [0.3, 0.4) is 0 Å². The number of hydrogen-bond donors (Lipinski definition) is 1. The van der Waals surface area contributed by atoms with Gasteiger partial charge < -0.3 is 10.6 Å². The smallest absolute Gasteiger partial charge is 0.202 e. The Morgan fingerprint density at radius 2 is 2.11 bits per heavy atom. The van der Waals surface area contributed by atoms with Gasteiger partial charge >= 0.3 is 0 Å². The van der Waals surface area contributed by atoms with Gasteiger partial charge in [0, 0.05) is 12.2 Å². The van der Waals surface area contributed by atoms with Crippen molar-refractivity contribution in [3.63, 3.8) is 0 Å². The molecule has 0 unspecified atom stereocenters. The fourth-order valence-electron chi connectivity index (χ4n) is 2.59. The number of pyridine rings is 1. The van der Waals surface area contributed by atoms with E-state index in [4.69, 9.17) is 17.3 Å². The molecule has 1 aliphatic heterocycles. The Kier molecular flexibility index (Phi) is 2.87. The second-order valence-corrected chi connectivity index (χ2v) is 5.31. The highest BCUT2D eigenvalue weighted by Gasteiger charge is 2.22. The minimum absolute atomic E-state index is 0.389. The number of hydrogen-bond acceptors (Lipinski definition) is 4. The molecule has 2 aromatic rings. The third-order valence-electron chi connectivity index (χ3n) is 3.58. The molecule has 0 bridgehead atoms. The molecule has 0 radical (unpaired) electrons. The summed E-state index contributed by atoms with van der Waals surface area (Å²) in [5, 5.41) is 0.593. The van der Waals surface area contributed by atoms with Crippen LogP contribution in [-0.2, 0) is 0 Å². The zero-order valence-corrected chi connectivity index (χ0v) is 11.1. The van der Waals surface area contributed by atoms with Gasteiger partial charge in [-0.05, 0) is 39.0 Å². The third-order valence-corrected chi connectivity index (χ3v) is 3.78. The van der Waals surface area contributed by atoms with Crippen molar-refractivity contribution in [2.45, 2.75) is 18.9 Å². The fourth-order valence-corrected chi connectivity index (χ4v) is 2.74. The molecule has 96 valence electrons. The lowest BCUT2D eigenvalue weighted by atomic mass is 10.1. The number of imidazole rings is 1. The van der Waals surface area contributed by atoms with Gasteiger partial charge in [0.1, 0.15) is 5.52 Å².